The molecule has 0 fully saturated rings. The minimum absolute atomic E-state index is 0.0345. The predicted molar refractivity (Wildman–Crippen MR) is 93.9 cm³/mol. The first-order valence-corrected chi connectivity index (χ1v) is 7.61. The van der Waals surface area contributed by atoms with Crippen LogP contribution < -0.4 is 14.9 Å². The average molecular weight is 358 g/mol. The third-order valence-corrected chi connectivity index (χ3v) is 3.35. The van der Waals surface area contributed by atoms with Crippen LogP contribution in [0.5, 0.6) is 17.2 Å². The standard InChI is InChI=1S/C18H18N2O6/c1-11(18(23)24)26-16-13(6-4-8-15(16)25-2)10-19-20-17(22)12-5-3-7-14(21)9-12/h3-11,21H,1-2H3,(H,20,22)(H,23,24)/b19-10+/t11-/m1/s1. The number of carboxylic acid groups (broad SMARTS) is 1. The number of para-hydroxylation sites is 1. The quantitative estimate of drug-likeness (QED) is 0.515. The average Bonchev–Trinajstić information content (AvgIpc) is 2.62. The number of hydrazone groups is 1. The number of aromatic hydroxyl groups is 1. The summed E-state index contributed by atoms with van der Waals surface area (Å²) in [6.45, 7) is 1.39. The lowest BCUT2D eigenvalue weighted by Crippen LogP contribution is -2.24. The molecule has 0 aliphatic heterocycles. The van der Waals surface area contributed by atoms with Gasteiger partial charge < -0.3 is 19.7 Å². The van der Waals surface area contributed by atoms with Crippen molar-refractivity contribution in [3.63, 3.8) is 0 Å². The number of carbonyl (C=O) groups is 2. The molecule has 0 saturated carbocycles. The molecule has 8 nitrogen and oxygen atoms in total. The normalized spacial score (nSPS) is 11.8. The van der Waals surface area contributed by atoms with E-state index in [-0.39, 0.29) is 17.1 Å². The zero-order chi connectivity index (χ0) is 19.1. The number of carboxylic acids is 1. The molecule has 136 valence electrons. The first kappa shape index (κ1) is 18.8. The van der Waals surface area contributed by atoms with Crippen LogP contribution in [0.2, 0.25) is 0 Å². The number of amides is 1. The zero-order valence-electron chi connectivity index (χ0n) is 14.2. The summed E-state index contributed by atoms with van der Waals surface area (Å²) in [5, 5.41) is 22.3. The monoisotopic (exact) mass is 358 g/mol. The first-order valence-electron chi connectivity index (χ1n) is 7.61. The number of phenolic OH excluding ortho intramolecular Hbond substituents is 1. The van der Waals surface area contributed by atoms with Crippen molar-refractivity contribution in [1.82, 2.24) is 5.43 Å². The Balaban J connectivity index is 2.18. The van der Waals surface area contributed by atoms with E-state index in [0.29, 0.717) is 11.3 Å². The molecule has 0 saturated heterocycles. The Morgan fingerprint density at radius 1 is 1.23 bits per heavy atom. The molecular formula is C18H18N2O6. The molecule has 0 bridgehead atoms. The van der Waals surface area contributed by atoms with Gasteiger partial charge in [-0.2, -0.15) is 5.10 Å². The maximum Gasteiger partial charge on any atom is 0.344 e. The molecule has 0 spiro atoms. The fraction of sp³-hybridized carbons (Fsp3) is 0.167. The molecule has 3 N–H and O–H groups in total. The van der Waals surface area contributed by atoms with Gasteiger partial charge in [-0.1, -0.05) is 12.1 Å². The zero-order valence-corrected chi connectivity index (χ0v) is 14.2. The lowest BCUT2D eigenvalue weighted by molar-refractivity contribution is -0.144. The van der Waals surface area contributed by atoms with Gasteiger partial charge in [-0.3, -0.25) is 4.79 Å². The fourth-order valence-corrected chi connectivity index (χ4v) is 2.02. The first-order chi connectivity index (χ1) is 12.4. The maximum absolute atomic E-state index is 12.0. The summed E-state index contributed by atoms with van der Waals surface area (Å²) >= 11 is 0. The highest BCUT2D eigenvalue weighted by molar-refractivity contribution is 5.95. The van der Waals surface area contributed by atoms with E-state index in [4.69, 9.17) is 14.6 Å². The molecule has 1 amide bonds. The third-order valence-electron chi connectivity index (χ3n) is 3.35. The minimum atomic E-state index is -1.13. The lowest BCUT2D eigenvalue weighted by atomic mass is 10.2. The van der Waals surface area contributed by atoms with Crippen LogP contribution in [0.15, 0.2) is 47.6 Å². The molecule has 0 unspecified atom stereocenters. The predicted octanol–water partition coefficient (Wildman–Crippen LogP) is 2.02. The van der Waals surface area contributed by atoms with E-state index in [0.717, 1.165) is 0 Å². The van der Waals surface area contributed by atoms with E-state index in [2.05, 4.69) is 10.5 Å². The molecule has 0 aromatic heterocycles. The number of nitrogens with one attached hydrogen (secondary N) is 1. The minimum Gasteiger partial charge on any atom is -0.508 e. The van der Waals surface area contributed by atoms with Crippen molar-refractivity contribution in [2.24, 2.45) is 5.10 Å². The van der Waals surface area contributed by atoms with Gasteiger partial charge in [-0.15, -0.1) is 0 Å². The number of phenols is 1. The summed E-state index contributed by atoms with van der Waals surface area (Å²) in [5.41, 5.74) is 2.99. The molecule has 0 aliphatic rings. The van der Waals surface area contributed by atoms with Crippen molar-refractivity contribution in [3.05, 3.63) is 53.6 Å². The summed E-state index contributed by atoms with van der Waals surface area (Å²) in [5.74, 6) is -1.15. The molecule has 2 aromatic carbocycles. The highest BCUT2D eigenvalue weighted by atomic mass is 16.5. The van der Waals surface area contributed by atoms with E-state index in [1.807, 2.05) is 0 Å². The molecule has 8 heteroatoms. The second-order valence-electron chi connectivity index (χ2n) is 5.23. The number of hydrogen-bond donors (Lipinski definition) is 3. The Morgan fingerprint density at radius 2 is 1.96 bits per heavy atom. The smallest absolute Gasteiger partial charge is 0.344 e. The molecule has 26 heavy (non-hydrogen) atoms. The number of methoxy groups -OCH3 is 1. The number of nitrogens with zero attached hydrogens (tertiary/aromatic N) is 1. The van der Waals surface area contributed by atoms with Crippen LogP contribution >= 0.6 is 0 Å². The van der Waals surface area contributed by atoms with Crippen molar-refractivity contribution in [3.8, 4) is 17.2 Å². The van der Waals surface area contributed by atoms with Gasteiger partial charge in [0.25, 0.3) is 5.91 Å². The molecule has 1 atom stereocenters. The Morgan fingerprint density at radius 3 is 2.62 bits per heavy atom. The van der Waals surface area contributed by atoms with E-state index in [9.17, 15) is 14.7 Å². The number of hydrogen-bond acceptors (Lipinski definition) is 6. The summed E-state index contributed by atoms with van der Waals surface area (Å²) in [6.07, 6.45) is 0.216. The molecule has 0 aliphatic carbocycles. The topological polar surface area (TPSA) is 117 Å². The number of carbonyl (C=O) groups excluding carboxylic acids is 1. The van der Waals surface area contributed by atoms with E-state index < -0.39 is 18.0 Å². The lowest BCUT2D eigenvalue weighted by Gasteiger charge is -2.15. The number of benzene rings is 2. The largest absolute Gasteiger partial charge is 0.508 e. The molecular weight excluding hydrogens is 340 g/mol. The second-order valence-corrected chi connectivity index (χ2v) is 5.23. The third kappa shape index (κ3) is 4.73. The number of ether oxygens (including phenoxy) is 2. The summed E-state index contributed by atoms with van der Waals surface area (Å²) in [4.78, 5) is 23.0. The fourth-order valence-electron chi connectivity index (χ4n) is 2.02. The highest BCUT2D eigenvalue weighted by Crippen LogP contribution is 2.31. The van der Waals surface area contributed by atoms with E-state index in [1.54, 1.807) is 18.2 Å². The second kappa shape index (κ2) is 8.52. The van der Waals surface area contributed by atoms with Gasteiger partial charge in [0.15, 0.2) is 17.6 Å². The van der Waals surface area contributed by atoms with Gasteiger partial charge >= 0.3 is 5.97 Å². The van der Waals surface area contributed by atoms with Gasteiger partial charge in [0, 0.05) is 11.1 Å². The maximum atomic E-state index is 12.0. The van der Waals surface area contributed by atoms with Crippen LogP contribution in [-0.4, -0.2) is 41.5 Å². The van der Waals surface area contributed by atoms with Crippen LogP contribution in [0.3, 0.4) is 0 Å². The van der Waals surface area contributed by atoms with Crippen molar-refractivity contribution < 1.29 is 29.3 Å². The Labute approximate surface area is 149 Å². The SMILES string of the molecule is COc1cccc(/C=N/NC(=O)c2cccc(O)c2)c1O[C@H](C)C(=O)O. The molecule has 0 radical (unpaired) electrons. The Bertz CT molecular complexity index is 834. The Kier molecular flexibility index (Phi) is 6.15. The summed E-state index contributed by atoms with van der Waals surface area (Å²) in [6, 6.07) is 10.7. The van der Waals surface area contributed by atoms with E-state index >= 15 is 0 Å². The van der Waals surface area contributed by atoms with Gasteiger partial charge in [0.1, 0.15) is 5.75 Å². The van der Waals surface area contributed by atoms with Gasteiger partial charge in [-0.05, 0) is 37.3 Å². The van der Waals surface area contributed by atoms with Gasteiger partial charge in [0.05, 0.1) is 13.3 Å². The summed E-state index contributed by atoms with van der Waals surface area (Å²) < 4.78 is 10.6. The van der Waals surface area contributed by atoms with Crippen LogP contribution in [0.25, 0.3) is 0 Å². The summed E-state index contributed by atoms with van der Waals surface area (Å²) in [7, 11) is 1.43. The van der Waals surface area contributed by atoms with E-state index in [1.165, 1.54) is 44.5 Å². The highest BCUT2D eigenvalue weighted by Gasteiger charge is 2.18. The van der Waals surface area contributed by atoms with Crippen LogP contribution in [0.1, 0.15) is 22.8 Å². The molecule has 2 rings (SSSR count). The van der Waals surface area contributed by atoms with Crippen molar-refractivity contribution >= 4 is 18.1 Å². The molecule has 2 aromatic rings. The van der Waals surface area contributed by atoms with Crippen molar-refractivity contribution in [2.75, 3.05) is 7.11 Å². The van der Waals surface area contributed by atoms with Crippen LogP contribution in [0, 0.1) is 0 Å². The van der Waals surface area contributed by atoms with Gasteiger partial charge in [-0.25, -0.2) is 10.2 Å². The Hall–Kier alpha value is -3.55. The number of aliphatic carboxylic acids is 1. The number of rotatable bonds is 7. The van der Waals surface area contributed by atoms with Gasteiger partial charge in [0.2, 0.25) is 0 Å². The van der Waals surface area contributed by atoms with Crippen molar-refractivity contribution in [2.45, 2.75) is 13.0 Å². The van der Waals surface area contributed by atoms with Crippen molar-refractivity contribution in [1.29, 1.82) is 0 Å². The van der Waals surface area contributed by atoms with Crippen LogP contribution in [0.4, 0.5) is 0 Å². The van der Waals surface area contributed by atoms with Crippen LogP contribution in [-0.2, 0) is 4.79 Å². The molecule has 0 heterocycles.